The summed E-state index contributed by atoms with van der Waals surface area (Å²) in [7, 11) is 2.01. The lowest BCUT2D eigenvalue weighted by Gasteiger charge is -2.27. The summed E-state index contributed by atoms with van der Waals surface area (Å²) in [5.41, 5.74) is 9.82. The van der Waals surface area contributed by atoms with Crippen molar-refractivity contribution in [3.63, 3.8) is 0 Å². The monoisotopic (exact) mass is 277 g/mol. The van der Waals surface area contributed by atoms with E-state index in [4.69, 9.17) is 5.73 Å². The fourth-order valence-corrected chi connectivity index (χ4v) is 2.96. The van der Waals surface area contributed by atoms with Gasteiger partial charge in [0.2, 0.25) is 0 Å². The van der Waals surface area contributed by atoms with Gasteiger partial charge < -0.3 is 10.6 Å². The van der Waals surface area contributed by atoms with Crippen LogP contribution in [0.1, 0.15) is 50.1 Å². The number of guanidine groups is 1. The van der Waals surface area contributed by atoms with E-state index in [2.05, 4.69) is 28.8 Å². The molecule has 5 heteroatoms. The van der Waals surface area contributed by atoms with Gasteiger partial charge in [0, 0.05) is 31.4 Å². The first-order valence-corrected chi connectivity index (χ1v) is 7.75. The third kappa shape index (κ3) is 3.14. The standard InChI is InChI=1S/C15H27N5/c1-4-13-12(14(5-2)19(3)18-13)11-17-15(16)20-9-7-6-8-10-20/h4-11H2,1-3H3,(H2,16,17). The van der Waals surface area contributed by atoms with Crippen molar-refractivity contribution in [3.05, 3.63) is 17.0 Å². The topological polar surface area (TPSA) is 59.4 Å². The molecule has 0 bridgehead atoms. The summed E-state index contributed by atoms with van der Waals surface area (Å²) in [4.78, 5) is 6.82. The highest BCUT2D eigenvalue weighted by atomic mass is 15.3. The molecular weight excluding hydrogens is 250 g/mol. The van der Waals surface area contributed by atoms with E-state index in [1.807, 2.05) is 11.7 Å². The molecule has 112 valence electrons. The Bertz CT molecular complexity index is 469. The average Bonchev–Trinajstić information content (AvgIpc) is 2.80. The zero-order valence-electron chi connectivity index (χ0n) is 13.0. The van der Waals surface area contributed by atoms with E-state index in [1.54, 1.807) is 0 Å². The molecule has 0 aromatic carbocycles. The Morgan fingerprint density at radius 1 is 1.20 bits per heavy atom. The molecule has 0 amide bonds. The molecule has 2 N–H and O–H groups in total. The molecule has 1 fully saturated rings. The number of hydrogen-bond acceptors (Lipinski definition) is 2. The molecule has 0 atom stereocenters. The van der Waals surface area contributed by atoms with Crippen LogP contribution < -0.4 is 5.73 Å². The number of likely N-dealkylation sites (tertiary alicyclic amines) is 1. The Hall–Kier alpha value is -1.52. The lowest BCUT2D eigenvalue weighted by molar-refractivity contribution is 0.338. The Kier molecular flexibility index (Phi) is 5.04. The van der Waals surface area contributed by atoms with E-state index in [-0.39, 0.29) is 0 Å². The van der Waals surface area contributed by atoms with Crippen LogP contribution in [0.15, 0.2) is 4.99 Å². The van der Waals surface area contributed by atoms with Crippen LogP contribution in [0.3, 0.4) is 0 Å². The van der Waals surface area contributed by atoms with Gasteiger partial charge in [-0.2, -0.15) is 5.10 Å². The minimum Gasteiger partial charge on any atom is -0.370 e. The van der Waals surface area contributed by atoms with Crippen LogP contribution in [-0.4, -0.2) is 33.7 Å². The van der Waals surface area contributed by atoms with E-state index < -0.39 is 0 Å². The predicted molar refractivity (Wildman–Crippen MR) is 82.7 cm³/mol. The fourth-order valence-electron chi connectivity index (χ4n) is 2.96. The molecule has 1 aromatic heterocycles. The molecule has 1 aromatic rings. The third-order valence-corrected chi connectivity index (χ3v) is 4.11. The molecule has 0 spiro atoms. The predicted octanol–water partition coefficient (Wildman–Crippen LogP) is 1.85. The maximum absolute atomic E-state index is 6.13. The van der Waals surface area contributed by atoms with Gasteiger partial charge in [0.1, 0.15) is 0 Å². The second kappa shape index (κ2) is 6.77. The van der Waals surface area contributed by atoms with E-state index in [1.165, 1.54) is 30.5 Å². The van der Waals surface area contributed by atoms with E-state index >= 15 is 0 Å². The smallest absolute Gasteiger partial charge is 0.191 e. The van der Waals surface area contributed by atoms with Crippen LogP contribution in [0.2, 0.25) is 0 Å². The first kappa shape index (κ1) is 14.9. The maximum Gasteiger partial charge on any atom is 0.191 e. The zero-order chi connectivity index (χ0) is 14.5. The van der Waals surface area contributed by atoms with Crippen LogP contribution in [0.25, 0.3) is 0 Å². The Morgan fingerprint density at radius 3 is 2.50 bits per heavy atom. The van der Waals surface area contributed by atoms with Crippen molar-refractivity contribution < 1.29 is 0 Å². The number of nitrogens with two attached hydrogens (primary N) is 1. The maximum atomic E-state index is 6.13. The van der Waals surface area contributed by atoms with Gasteiger partial charge in [-0.3, -0.25) is 4.68 Å². The van der Waals surface area contributed by atoms with Gasteiger partial charge in [0.15, 0.2) is 5.96 Å². The molecule has 1 saturated heterocycles. The van der Waals surface area contributed by atoms with Crippen LogP contribution in [0.4, 0.5) is 0 Å². The minimum absolute atomic E-state index is 0.655. The number of piperidine rings is 1. The molecular formula is C15H27N5. The minimum atomic E-state index is 0.655. The van der Waals surface area contributed by atoms with E-state index in [0.717, 1.165) is 31.6 Å². The molecule has 2 rings (SSSR count). The van der Waals surface area contributed by atoms with Crippen molar-refractivity contribution in [3.8, 4) is 0 Å². The molecule has 5 nitrogen and oxygen atoms in total. The summed E-state index contributed by atoms with van der Waals surface area (Å²) in [6.07, 6.45) is 5.69. The second-order valence-corrected chi connectivity index (χ2v) is 5.42. The molecule has 1 aliphatic heterocycles. The first-order chi connectivity index (χ1) is 9.67. The summed E-state index contributed by atoms with van der Waals surface area (Å²) in [5, 5.41) is 4.58. The van der Waals surface area contributed by atoms with Crippen LogP contribution in [0.5, 0.6) is 0 Å². The van der Waals surface area contributed by atoms with Gasteiger partial charge in [0.05, 0.1) is 12.2 Å². The van der Waals surface area contributed by atoms with Gasteiger partial charge in [-0.1, -0.05) is 13.8 Å². The van der Waals surface area contributed by atoms with Crippen molar-refractivity contribution >= 4 is 5.96 Å². The molecule has 0 aliphatic carbocycles. The summed E-state index contributed by atoms with van der Waals surface area (Å²) < 4.78 is 1.99. The van der Waals surface area contributed by atoms with Gasteiger partial charge in [0.25, 0.3) is 0 Å². The molecule has 20 heavy (non-hydrogen) atoms. The second-order valence-electron chi connectivity index (χ2n) is 5.42. The Labute approximate surface area is 121 Å². The molecule has 0 saturated carbocycles. The van der Waals surface area contributed by atoms with Crippen molar-refractivity contribution in [2.24, 2.45) is 17.8 Å². The fraction of sp³-hybridized carbons (Fsp3) is 0.733. The highest BCUT2D eigenvalue weighted by Gasteiger charge is 2.15. The van der Waals surface area contributed by atoms with Crippen LogP contribution in [-0.2, 0) is 26.4 Å². The summed E-state index contributed by atoms with van der Waals surface area (Å²) >= 11 is 0. The summed E-state index contributed by atoms with van der Waals surface area (Å²) in [6.45, 7) is 7.05. The van der Waals surface area contributed by atoms with Crippen molar-refractivity contribution in [1.29, 1.82) is 0 Å². The molecule has 0 unspecified atom stereocenters. The Balaban J connectivity index is 2.12. The van der Waals surface area contributed by atoms with Crippen LogP contribution >= 0.6 is 0 Å². The van der Waals surface area contributed by atoms with E-state index in [0.29, 0.717) is 12.5 Å². The lowest BCUT2D eigenvalue weighted by atomic mass is 10.1. The quantitative estimate of drug-likeness (QED) is 0.675. The number of hydrogen-bond donors (Lipinski definition) is 1. The number of nitrogens with zero attached hydrogens (tertiary/aromatic N) is 4. The molecule has 2 heterocycles. The highest BCUT2D eigenvalue weighted by molar-refractivity contribution is 5.78. The number of rotatable bonds is 4. The molecule has 1 aliphatic rings. The summed E-state index contributed by atoms with van der Waals surface area (Å²) in [6, 6.07) is 0. The SMILES string of the molecule is CCc1nn(C)c(CC)c1CN=C(N)N1CCCCC1. The van der Waals surface area contributed by atoms with Crippen LogP contribution in [0, 0.1) is 0 Å². The Morgan fingerprint density at radius 2 is 1.90 bits per heavy atom. The van der Waals surface area contributed by atoms with Gasteiger partial charge in [-0.25, -0.2) is 4.99 Å². The third-order valence-electron chi connectivity index (χ3n) is 4.11. The number of aryl methyl sites for hydroxylation is 2. The normalized spacial score (nSPS) is 16.8. The van der Waals surface area contributed by atoms with Crippen molar-refractivity contribution in [2.75, 3.05) is 13.1 Å². The van der Waals surface area contributed by atoms with Gasteiger partial charge in [-0.05, 0) is 32.1 Å². The number of aromatic nitrogens is 2. The zero-order valence-corrected chi connectivity index (χ0v) is 13.0. The number of aliphatic imine (C=N–C) groups is 1. The first-order valence-electron chi connectivity index (χ1n) is 7.75. The van der Waals surface area contributed by atoms with Crippen molar-refractivity contribution in [2.45, 2.75) is 52.5 Å². The average molecular weight is 277 g/mol. The van der Waals surface area contributed by atoms with Crippen molar-refractivity contribution in [1.82, 2.24) is 14.7 Å². The molecule has 0 radical (unpaired) electrons. The lowest BCUT2D eigenvalue weighted by Crippen LogP contribution is -2.40. The largest absolute Gasteiger partial charge is 0.370 e. The van der Waals surface area contributed by atoms with E-state index in [9.17, 15) is 0 Å². The summed E-state index contributed by atoms with van der Waals surface area (Å²) in [5.74, 6) is 0.692. The van der Waals surface area contributed by atoms with Gasteiger partial charge >= 0.3 is 0 Å². The van der Waals surface area contributed by atoms with Gasteiger partial charge in [-0.15, -0.1) is 0 Å². The highest BCUT2D eigenvalue weighted by Crippen LogP contribution is 2.17.